The Kier molecular flexibility index (Phi) is 6.48. The molecule has 0 unspecified atom stereocenters. The molecule has 1 heterocycles. The molecule has 154 valence electrons. The Bertz CT molecular complexity index is 1180. The lowest BCUT2D eigenvalue weighted by molar-refractivity contribution is -0.135. The maximum Gasteiger partial charge on any atom is 0.331 e. The molecule has 0 bridgehead atoms. The number of methoxy groups -OCH3 is 1. The van der Waals surface area contributed by atoms with E-state index in [0.717, 1.165) is 23.4 Å². The van der Waals surface area contributed by atoms with Gasteiger partial charge in [-0.25, -0.2) is 13.2 Å². The number of amidine groups is 1. The van der Waals surface area contributed by atoms with Crippen molar-refractivity contribution in [3.8, 4) is 0 Å². The highest BCUT2D eigenvalue weighted by Crippen LogP contribution is 2.25. The molecule has 0 radical (unpaired) electrons. The summed E-state index contributed by atoms with van der Waals surface area (Å²) in [5.41, 5.74) is 1.30. The number of nitrogens with one attached hydrogen (secondary N) is 1. The fraction of sp³-hybridized carbons (Fsp3) is 0.100. The second kappa shape index (κ2) is 9.06. The van der Waals surface area contributed by atoms with Gasteiger partial charge in [0.1, 0.15) is 0 Å². The minimum Gasteiger partial charge on any atom is -0.466 e. The van der Waals surface area contributed by atoms with E-state index in [0.29, 0.717) is 5.56 Å². The molecule has 1 N–H and O–H groups in total. The van der Waals surface area contributed by atoms with Crippen molar-refractivity contribution in [2.45, 2.75) is 16.7 Å². The van der Waals surface area contributed by atoms with Gasteiger partial charge >= 0.3 is 5.97 Å². The van der Waals surface area contributed by atoms with Gasteiger partial charge < -0.3 is 4.74 Å². The first-order valence-corrected chi connectivity index (χ1v) is 10.9. The van der Waals surface area contributed by atoms with E-state index in [1.807, 2.05) is 6.92 Å². The first-order valence-electron chi connectivity index (χ1n) is 8.62. The molecule has 1 aliphatic rings. The zero-order chi connectivity index (χ0) is 21.7. The van der Waals surface area contributed by atoms with Crippen molar-refractivity contribution in [3.05, 3.63) is 70.6 Å². The minimum absolute atomic E-state index is 0.0900. The largest absolute Gasteiger partial charge is 0.466 e. The number of hydrogen-bond donors (Lipinski definition) is 1. The summed E-state index contributed by atoms with van der Waals surface area (Å²) in [5.74, 6) is -1.16. The van der Waals surface area contributed by atoms with Crippen LogP contribution in [0.3, 0.4) is 0 Å². The van der Waals surface area contributed by atoms with Gasteiger partial charge in [0, 0.05) is 11.6 Å². The highest BCUT2D eigenvalue weighted by Gasteiger charge is 2.25. The molecule has 8 nitrogen and oxygen atoms in total. The third-order valence-corrected chi connectivity index (χ3v) is 6.73. The van der Waals surface area contributed by atoms with Crippen LogP contribution < -0.4 is 5.32 Å². The van der Waals surface area contributed by atoms with Crippen LogP contribution in [0, 0.1) is 6.92 Å². The van der Waals surface area contributed by atoms with Crippen molar-refractivity contribution in [3.63, 3.8) is 0 Å². The number of hydrogen-bond acceptors (Lipinski definition) is 8. The number of carbonyl (C=O) groups excluding carboxylic acids is 2. The first kappa shape index (κ1) is 21.5. The van der Waals surface area contributed by atoms with Gasteiger partial charge in [0.15, 0.2) is 5.17 Å². The third kappa shape index (κ3) is 4.84. The van der Waals surface area contributed by atoms with Crippen molar-refractivity contribution in [2.75, 3.05) is 7.11 Å². The number of carbonyl (C=O) groups is 2. The van der Waals surface area contributed by atoms with Crippen LogP contribution in [0.2, 0.25) is 0 Å². The fourth-order valence-electron chi connectivity index (χ4n) is 2.46. The van der Waals surface area contributed by atoms with Gasteiger partial charge in [0.05, 0.1) is 28.0 Å². The summed E-state index contributed by atoms with van der Waals surface area (Å²) in [6.07, 6.45) is 2.35. The number of thioether (sulfide) groups is 1. The number of nitrogens with zero attached hydrogens (tertiary/aromatic N) is 2. The lowest BCUT2D eigenvalue weighted by Gasteiger charge is -2.07. The molecule has 1 fully saturated rings. The predicted molar refractivity (Wildman–Crippen MR) is 114 cm³/mol. The smallest absolute Gasteiger partial charge is 0.331 e. The number of rotatable bonds is 5. The van der Waals surface area contributed by atoms with Gasteiger partial charge in [0.25, 0.3) is 5.91 Å². The van der Waals surface area contributed by atoms with Crippen LogP contribution in [0.5, 0.6) is 0 Å². The molecule has 0 atom stereocenters. The summed E-state index contributed by atoms with van der Waals surface area (Å²) in [4.78, 5) is 23.5. The summed E-state index contributed by atoms with van der Waals surface area (Å²) in [5, 5.41) is 10.4. The Morgan fingerprint density at radius 2 is 1.83 bits per heavy atom. The van der Waals surface area contributed by atoms with E-state index in [2.05, 4.69) is 20.3 Å². The summed E-state index contributed by atoms with van der Waals surface area (Å²) in [6, 6.07) is 13.0. The molecule has 1 saturated heterocycles. The van der Waals surface area contributed by atoms with E-state index in [-0.39, 0.29) is 19.9 Å². The Morgan fingerprint density at radius 3 is 2.53 bits per heavy atom. The van der Waals surface area contributed by atoms with Crippen molar-refractivity contribution in [1.29, 1.82) is 0 Å². The van der Waals surface area contributed by atoms with E-state index in [9.17, 15) is 18.0 Å². The van der Waals surface area contributed by atoms with Gasteiger partial charge in [-0.1, -0.05) is 35.9 Å². The summed E-state index contributed by atoms with van der Waals surface area (Å²) in [6.45, 7) is 1.88. The summed E-state index contributed by atoms with van der Waals surface area (Å²) < 4.78 is 30.5. The summed E-state index contributed by atoms with van der Waals surface area (Å²) >= 11 is 0.923. The Balaban J connectivity index is 1.85. The lowest BCUT2D eigenvalue weighted by Crippen LogP contribution is -2.19. The van der Waals surface area contributed by atoms with E-state index in [4.69, 9.17) is 0 Å². The maximum absolute atomic E-state index is 13.0. The standard InChI is InChI=1S/C20H17N3O5S2/c1-13-7-9-15(10-8-13)30(26,27)17-6-4-3-5-14(17)12-21-23-20-22-19(25)16(29-20)11-18(24)28-2/h3-12H,1-2H3,(H,22,23,25)/b16-11+,21-12?. The normalized spacial score (nSPS) is 16.9. The Labute approximate surface area is 177 Å². The van der Waals surface area contributed by atoms with E-state index in [1.54, 1.807) is 42.5 Å². The number of benzene rings is 2. The number of sulfone groups is 1. The second-order valence-electron chi connectivity index (χ2n) is 6.09. The van der Waals surface area contributed by atoms with Crippen molar-refractivity contribution in [1.82, 2.24) is 5.32 Å². The number of amides is 1. The van der Waals surface area contributed by atoms with Crippen LogP contribution in [0.4, 0.5) is 0 Å². The molecule has 0 aliphatic carbocycles. The molecule has 2 aromatic carbocycles. The molecule has 3 rings (SSSR count). The average Bonchev–Trinajstić information content (AvgIpc) is 3.07. The molecule has 2 aromatic rings. The summed E-state index contributed by atoms with van der Waals surface area (Å²) in [7, 11) is -2.54. The maximum atomic E-state index is 13.0. The van der Waals surface area contributed by atoms with Crippen LogP contribution in [-0.4, -0.2) is 38.8 Å². The van der Waals surface area contributed by atoms with E-state index >= 15 is 0 Å². The monoisotopic (exact) mass is 443 g/mol. The molecule has 0 aromatic heterocycles. The second-order valence-corrected chi connectivity index (χ2v) is 9.04. The quantitative estimate of drug-likeness (QED) is 0.329. The number of ether oxygens (including phenoxy) is 1. The molecule has 10 heteroatoms. The zero-order valence-electron chi connectivity index (χ0n) is 16.0. The van der Waals surface area contributed by atoms with Gasteiger partial charge in [-0.2, -0.15) is 5.10 Å². The lowest BCUT2D eigenvalue weighted by atomic mass is 10.2. The van der Waals surface area contributed by atoms with Crippen molar-refractivity contribution < 1.29 is 22.7 Å². The molecule has 30 heavy (non-hydrogen) atoms. The van der Waals surface area contributed by atoms with Crippen LogP contribution >= 0.6 is 11.8 Å². The zero-order valence-corrected chi connectivity index (χ0v) is 17.7. The van der Waals surface area contributed by atoms with Crippen molar-refractivity contribution in [2.24, 2.45) is 10.2 Å². The highest BCUT2D eigenvalue weighted by atomic mass is 32.2. The third-order valence-electron chi connectivity index (χ3n) is 3.99. The fourth-order valence-corrected chi connectivity index (χ4v) is 4.64. The molecule has 1 aliphatic heterocycles. The van der Waals surface area contributed by atoms with Crippen LogP contribution in [0.15, 0.2) is 79.5 Å². The Morgan fingerprint density at radius 1 is 1.13 bits per heavy atom. The van der Waals surface area contributed by atoms with E-state index < -0.39 is 21.7 Å². The van der Waals surface area contributed by atoms with Gasteiger partial charge in [-0.15, -0.1) is 5.10 Å². The van der Waals surface area contributed by atoms with Crippen LogP contribution in [-0.2, 0) is 24.2 Å². The highest BCUT2D eigenvalue weighted by molar-refractivity contribution is 8.18. The average molecular weight is 444 g/mol. The predicted octanol–water partition coefficient (Wildman–Crippen LogP) is 2.44. The van der Waals surface area contributed by atoms with Crippen LogP contribution in [0.1, 0.15) is 11.1 Å². The first-order chi connectivity index (χ1) is 14.3. The minimum atomic E-state index is -3.74. The van der Waals surface area contributed by atoms with Gasteiger partial charge in [0.2, 0.25) is 9.84 Å². The molecular formula is C20H17N3O5S2. The van der Waals surface area contributed by atoms with Crippen molar-refractivity contribution >= 4 is 44.9 Å². The SMILES string of the molecule is COC(=O)/C=C1/S/C(=N\N=Cc2ccccc2S(=O)(=O)c2ccc(C)cc2)NC1=O. The topological polar surface area (TPSA) is 114 Å². The molecular weight excluding hydrogens is 426 g/mol. The number of aryl methyl sites for hydroxylation is 1. The molecule has 1 amide bonds. The van der Waals surface area contributed by atoms with Gasteiger partial charge in [-0.3, -0.25) is 10.1 Å². The number of esters is 1. The Hall–Kier alpha value is -3.24. The van der Waals surface area contributed by atoms with E-state index in [1.165, 1.54) is 19.4 Å². The van der Waals surface area contributed by atoms with Crippen LogP contribution in [0.25, 0.3) is 0 Å². The molecule has 0 spiro atoms. The van der Waals surface area contributed by atoms with Gasteiger partial charge in [-0.05, 0) is 36.9 Å². The molecule has 0 saturated carbocycles.